The Balaban J connectivity index is 2.18. The second kappa shape index (κ2) is 4.84. The molecule has 2 heterocycles. The van der Waals surface area contributed by atoms with E-state index in [-0.39, 0.29) is 11.6 Å². The van der Waals surface area contributed by atoms with Crippen molar-refractivity contribution < 1.29 is 19.2 Å². The third kappa shape index (κ3) is 2.92. The lowest BCUT2D eigenvalue weighted by molar-refractivity contribution is 0.0651. The molecule has 0 bridgehead atoms. The number of carboxylic acids is 1. The van der Waals surface area contributed by atoms with Gasteiger partial charge in [-0.2, -0.15) is 0 Å². The monoisotopic (exact) mass is 262 g/mol. The topological polar surface area (TPSA) is 118 Å². The molecular formula is C11H10N4O4. The zero-order chi connectivity index (χ0) is 14.0. The molecule has 98 valence electrons. The number of aryl methyl sites for hydroxylation is 2. The number of carboxylic acid groups (broad SMARTS) is 1. The zero-order valence-electron chi connectivity index (χ0n) is 10.2. The van der Waals surface area contributed by atoms with Gasteiger partial charge in [-0.05, 0) is 19.9 Å². The summed E-state index contributed by atoms with van der Waals surface area (Å²) < 4.78 is 4.48. The lowest BCUT2D eigenvalue weighted by Crippen LogP contribution is -2.15. The molecule has 2 aromatic rings. The van der Waals surface area contributed by atoms with Crippen LogP contribution >= 0.6 is 0 Å². The summed E-state index contributed by atoms with van der Waals surface area (Å²) in [5.41, 5.74) is 1.25. The third-order valence-corrected chi connectivity index (χ3v) is 2.16. The van der Waals surface area contributed by atoms with Crippen molar-refractivity contribution in [1.82, 2.24) is 15.1 Å². The van der Waals surface area contributed by atoms with Crippen LogP contribution in [0.3, 0.4) is 0 Å². The highest BCUT2D eigenvalue weighted by Crippen LogP contribution is 2.08. The van der Waals surface area contributed by atoms with E-state index in [1.54, 1.807) is 19.9 Å². The number of nitrogens with one attached hydrogen (secondary N) is 1. The number of carbonyl (C=O) groups excluding carboxylic acids is 1. The number of anilines is 1. The average Bonchev–Trinajstić information content (AvgIpc) is 2.76. The number of hydrogen-bond donors (Lipinski definition) is 2. The summed E-state index contributed by atoms with van der Waals surface area (Å²) in [7, 11) is 0. The van der Waals surface area contributed by atoms with Crippen LogP contribution in [0.4, 0.5) is 5.95 Å². The van der Waals surface area contributed by atoms with Gasteiger partial charge in [0.05, 0.1) is 0 Å². The van der Waals surface area contributed by atoms with Crippen molar-refractivity contribution in [2.24, 2.45) is 0 Å². The van der Waals surface area contributed by atoms with Gasteiger partial charge < -0.3 is 9.63 Å². The number of amides is 1. The Kier molecular flexibility index (Phi) is 3.23. The van der Waals surface area contributed by atoms with Gasteiger partial charge in [-0.15, -0.1) is 0 Å². The van der Waals surface area contributed by atoms with Gasteiger partial charge in [0.2, 0.25) is 11.7 Å². The standard InChI is InChI=1S/C11H10N4O4/c1-5-3-6(2)13-11(12-5)14-9(16)7-4-8(10(17)18)19-15-7/h3-4H,1-2H3,(H,17,18)(H,12,13,14,16). The minimum Gasteiger partial charge on any atom is -0.475 e. The number of nitrogens with zero attached hydrogens (tertiary/aromatic N) is 3. The Bertz CT molecular complexity index is 630. The van der Waals surface area contributed by atoms with Gasteiger partial charge >= 0.3 is 5.97 Å². The van der Waals surface area contributed by atoms with Gasteiger partial charge in [-0.3, -0.25) is 10.1 Å². The summed E-state index contributed by atoms with van der Waals surface area (Å²) in [6.07, 6.45) is 0. The fraction of sp³-hybridized carbons (Fsp3) is 0.182. The lowest BCUT2D eigenvalue weighted by Gasteiger charge is -2.03. The fourth-order valence-corrected chi connectivity index (χ4v) is 1.43. The molecule has 2 N–H and O–H groups in total. The van der Waals surface area contributed by atoms with Gasteiger partial charge in [-0.1, -0.05) is 5.16 Å². The van der Waals surface area contributed by atoms with E-state index in [0.29, 0.717) is 11.4 Å². The van der Waals surface area contributed by atoms with Crippen molar-refractivity contribution in [3.05, 3.63) is 35.0 Å². The fourth-order valence-electron chi connectivity index (χ4n) is 1.43. The number of aromatic carboxylic acids is 1. The minimum atomic E-state index is -1.30. The molecule has 0 spiro atoms. The first kappa shape index (κ1) is 12.7. The molecule has 0 unspecified atom stereocenters. The molecule has 0 atom stereocenters. The number of carbonyl (C=O) groups is 2. The molecule has 0 saturated heterocycles. The molecule has 0 radical (unpaired) electrons. The van der Waals surface area contributed by atoms with Crippen molar-refractivity contribution in [2.75, 3.05) is 5.32 Å². The summed E-state index contributed by atoms with van der Waals surface area (Å²) >= 11 is 0. The van der Waals surface area contributed by atoms with E-state index in [4.69, 9.17) is 5.11 Å². The van der Waals surface area contributed by atoms with Crippen LogP contribution < -0.4 is 5.32 Å². The Morgan fingerprint density at radius 1 is 1.21 bits per heavy atom. The van der Waals surface area contributed by atoms with Crippen LogP contribution in [-0.2, 0) is 0 Å². The maximum Gasteiger partial charge on any atom is 0.374 e. The Morgan fingerprint density at radius 2 is 1.84 bits per heavy atom. The van der Waals surface area contributed by atoms with Crippen molar-refractivity contribution in [3.8, 4) is 0 Å². The molecule has 2 rings (SSSR count). The van der Waals surface area contributed by atoms with Gasteiger partial charge in [0.25, 0.3) is 5.91 Å². The first-order valence-electron chi connectivity index (χ1n) is 5.29. The molecule has 8 heteroatoms. The molecule has 0 aliphatic heterocycles. The summed E-state index contributed by atoms with van der Waals surface area (Å²) in [5.74, 6) is -2.22. The summed E-state index contributed by atoms with van der Waals surface area (Å²) in [5, 5.41) is 14.4. The van der Waals surface area contributed by atoms with E-state index in [2.05, 4.69) is 25.0 Å². The smallest absolute Gasteiger partial charge is 0.374 e. The molecule has 1 amide bonds. The first-order valence-corrected chi connectivity index (χ1v) is 5.29. The maximum absolute atomic E-state index is 11.8. The highest BCUT2D eigenvalue weighted by molar-refractivity contribution is 6.02. The Hall–Kier alpha value is -2.77. The Morgan fingerprint density at radius 3 is 2.37 bits per heavy atom. The van der Waals surface area contributed by atoms with E-state index in [1.165, 1.54) is 0 Å². The number of aromatic nitrogens is 3. The molecular weight excluding hydrogens is 252 g/mol. The van der Waals surface area contributed by atoms with Crippen LogP contribution in [0.5, 0.6) is 0 Å². The van der Waals surface area contributed by atoms with Crippen LogP contribution in [0.15, 0.2) is 16.7 Å². The minimum absolute atomic E-state index is 0.127. The first-order chi connectivity index (χ1) is 8.95. The largest absolute Gasteiger partial charge is 0.475 e. The lowest BCUT2D eigenvalue weighted by atomic mass is 10.3. The van der Waals surface area contributed by atoms with Gasteiger partial charge in [-0.25, -0.2) is 14.8 Å². The van der Waals surface area contributed by atoms with Gasteiger partial charge in [0.15, 0.2) is 5.69 Å². The molecule has 0 fully saturated rings. The predicted octanol–water partition coefficient (Wildman–Crippen LogP) is 1.03. The van der Waals surface area contributed by atoms with E-state index >= 15 is 0 Å². The predicted molar refractivity (Wildman–Crippen MR) is 62.9 cm³/mol. The van der Waals surface area contributed by atoms with Gasteiger partial charge in [0, 0.05) is 17.5 Å². The van der Waals surface area contributed by atoms with Crippen LogP contribution in [0.2, 0.25) is 0 Å². The second-order valence-electron chi connectivity index (χ2n) is 3.81. The van der Waals surface area contributed by atoms with Crippen LogP contribution in [0.25, 0.3) is 0 Å². The normalized spacial score (nSPS) is 10.2. The molecule has 0 aliphatic rings. The molecule has 0 aromatic carbocycles. The van der Waals surface area contributed by atoms with Crippen molar-refractivity contribution in [1.29, 1.82) is 0 Å². The van der Waals surface area contributed by atoms with Crippen LogP contribution in [0.1, 0.15) is 32.4 Å². The summed E-state index contributed by atoms with van der Waals surface area (Å²) in [6, 6.07) is 2.79. The molecule has 8 nitrogen and oxygen atoms in total. The molecule has 0 aliphatic carbocycles. The van der Waals surface area contributed by atoms with E-state index in [1.807, 2.05) is 0 Å². The number of hydrogen-bond acceptors (Lipinski definition) is 6. The Labute approximate surface area is 107 Å². The molecule has 19 heavy (non-hydrogen) atoms. The van der Waals surface area contributed by atoms with Crippen LogP contribution in [-0.4, -0.2) is 32.1 Å². The number of rotatable bonds is 3. The quantitative estimate of drug-likeness (QED) is 0.847. The van der Waals surface area contributed by atoms with E-state index in [0.717, 1.165) is 6.07 Å². The summed E-state index contributed by atoms with van der Waals surface area (Å²) in [6.45, 7) is 3.53. The maximum atomic E-state index is 11.8. The van der Waals surface area contributed by atoms with Gasteiger partial charge in [0.1, 0.15) is 0 Å². The van der Waals surface area contributed by atoms with Crippen LogP contribution in [0, 0.1) is 13.8 Å². The molecule has 0 saturated carbocycles. The SMILES string of the molecule is Cc1cc(C)nc(NC(=O)c2cc(C(=O)O)on2)n1. The summed E-state index contributed by atoms with van der Waals surface area (Å²) in [4.78, 5) is 30.4. The van der Waals surface area contributed by atoms with E-state index < -0.39 is 17.6 Å². The zero-order valence-corrected chi connectivity index (χ0v) is 10.2. The second-order valence-corrected chi connectivity index (χ2v) is 3.81. The average molecular weight is 262 g/mol. The van der Waals surface area contributed by atoms with E-state index in [9.17, 15) is 9.59 Å². The highest BCUT2D eigenvalue weighted by Gasteiger charge is 2.17. The van der Waals surface area contributed by atoms with Crippen molar-refractivity contribution in [3.63, 3.8) is 0 Å². The van der Waals surface area contributed by atoms with Crippen molar-refractivity contribution in [2.45, 2.75) is 13.8 Å². The van der Waals surface area contributed by atoms with Crippen molar-refractivity contribution >= 4 is 17.8 Å². The third-order valence-electron chi connectivity index (χ3n) is 2.16. The molecule has 2 aromatic heterocycles. The highest BCUT2D eigenvalue weighted by atomic mass is 16.5.